The zero-order valence-corrected chi connectivity index (χ0v) is 10.3. The molecule has 0 spiro atoms. The third-order valence-corrected chi connectivity index (χ3v) is 2.72. The van der Waals surface area contributed by atoms with Gasteiger partial charge < -0.3 is 10.8 Å². The van der Waals surface area contributed by atoms with E-state index < -0.39 is 23.0 Å². The van der Waals surface area contributed by atoms with Gasteiger partial charge >= 0.3 is 6.18 Å². The molecular formula is C10H11BrF3NO. The van der Waals surface area contributed by atoms with Crippen molar-refractivity contribution >= 4 is 15.9 Å². The number of phenolic OH excluding ortho intramolecular Hbond substituents is 1. The molecule has 1 rings (SSSR count). The molecule has 0 fully saturated rings. The van der Waals surface area contributed by atoms with E-state index in [9.17, 15) is 18.3 Å². The van der Waals surface area contributed by atoms with Crippen molar-refractivity contribution < 1.29 is 18.3 Å². The molecule has 0 aliphatic rings. The molecule has 0 bridgehead atoms. The van der Waals surface area contributed by atoms with Gasteiger partial charge in [-0.1, -0.05) is 0 Å². The molecule has 1 aromatic carbocycles. The molecule has 0 saturated heterocycles. The van der Waals surface area contributed by atoms with Gasteiger partial charge in [-0.2, -0.15) is 13.2 Å². The van der Waals surface area contributed by atoms with E-state index in [2.05, 4.69) is 15.9 Å². The molecule has 3 N–H and O–H groups in total. The number of hydrogen-bond donors (Lipinski definition) is 2. The molecule has 16 heavy (non-hydrogen) atoms. The van der Waals surface area contributed by atoms with Crippen molar-refractivity contribution in [1.29, 1.82) is 0 Å². The van der Waals surface area contributed by atoms with Crippen LogP contribution in [0.1, 0.15) is 25.0 Å². The fraction of sp³-hybridized carbons (Fsp3) is 0.400. The highest BCUT2D eigenvalue weighted by Crippen LogP contribution is 2.41. The van der Waals surface area contributed by atoms with Crippen molar-refractivity contribution in [2.75, 3.05) is 0 Å². The largest absolute Gasteiger partial charge is 0.506 e. The predicted molar refractivity (Wildman–Crippen MR) is 58.0 cm³/mol. The molecule has 0 aliphatic carbocycles. The van der Waals surface area contributed by atoms with E-state index in [1.54, 1.807) is 13.8 Å². The second kappa shape index (κ2) is 3.92. The van der Waals surface area contributed by atoms with Crippen LogP contribution in [0.15, 0.2) is 16.6 Å². The van der Waals surface area contributed by atoms with Gasteiger partial charge in [0.25, 0.3) is 0 Å². The lowest BCUT2D eigenvalue weighted by Crippen LogP contribution is -2.29. The van der Waals surface area contributed by atoms with E-state index in [-0.39, 0.29) is 4.47 Å². The first-order valence-electron chi connectivity index (χ1n) is 4.42. The Morgan fingerprint density at radius 2 is 1.75 bits per heavy atom. The van der Waals surface area contributed by atoms with Crippen molar-refractivity contribution in [3.8, 4) is 5.75 Å². The van der Waals surface area contributed by atoms with E-state index in [4.69, 9.17) is 5.73 Å². The van der Waals surface area contributed by atoms with Crippen molar-refractivity contribution in [1.82, 2.24) is 0 Å². The summed E-state index contributed by atoms with van der Waals surface area (Å²) >= 11 is 2.88. The second-order valence-electron chi connectivity index (χ2n) is 4.07. The van der Waals surface area contributed by atoms with Gasteiger partial charge in [0.15, 0.2) is 0 Å². The van der Waals surface area contributed by atoms with Gasteiger partial charge in [-0.05, 0) is 47.5 Å². The maximum Gasteiger partial charge on any atom is 0.420 e. The van der Waals surface area contributed by atoms with Crippen LogP contribution >= 0.6 is 15.9 Å². The summed E-state index contributed by atoms with van der Waals surface area (Å²) < 4.78 is 37.7. The van der Waals surface area contributed by atoms with E-state index in [1.165, 1.54) is 6.07 Å². The quantitative estimate of drug-likeness (QED) is 0.835. The highest BCUT2D eigenvalue weighted by atomic mass is 79.9. The molecule has 0 atom stereocenters. The predicted octanol–water partition coefficient (Wildman–Crippen LogP) is 3.37. The number of halogens is 4. The lowest BCUT2D eigenvalue weighted by atomic mass is 9.93. The number of aromatic hydroxyl groups is 1. The summed E-state index contributed by atoms with van der Waals surface area (Å²) in [5.74, 6) is -0.819. The van der Waals surface area contributed by atoms with Gasteiger partial charge in [0.1, 0.15) is 5.75 Å². The van der Waals surface area contributed by atoms with Gasteiger partial charge in [-0.25, -0.2) is 0 Å². The van der Waals surface area contributed by atoms with Crippen molar-refractivity contribution in [3.63, 3.8) is 0 Å². The van der Waals surface area contributed by atoms with Crippen LogP contribution in [-0.2, 0) is 11.7 Å². The summed E-state index contributed by atoms with van der Waals surface area (Å²) in [7, 11) is 0. The average molecular weight is 298 g/mol. The van der Waals surface area contributed by atoms with Gasteiger partial charge in [0.05, 0.1) is 10.0 Å². The Morgan fingerprint density at radius 3 is 2.12 bits per heavy atom. The summed E-state index contributed by atoms with van der Waals surface area (Å²) in [5.41, 5.74) is 4.02. The molecule has 90 valence electrons. The Labute approximate surface area is 99.4 Å². The number of alkyl halides is 3. The van der Waals surface area contributed by atoms with Crippen LogP contribution in [0.25, 0.3) is 0 Å². The maximum absolute atomic E-state index is 12.6. The fourth-order valence-corrected chi connectivity index (χ4v) is 1.65. The molecule has 0 aromatic heterocycles. The van der Waals surface area contributed by atoms with Crippen molar-refractivity contribution in [2.24, 2.45) is 5.73 Å². The van der Waals surface area contributed by atoms with Crippen molar-refractivity contribution in [3.05, 3.63) is 27.7 Å². The molecule has 2 nitrogen and oxygen atoms in total. The zero-order chi connectivity index (χ0) is 12.7. The van der Waals surface area contributed by atoms with Crippen LogP contribution < -0.4 is 5.73 Å². The number of hydrogen-bond acceptors (Lipinski definition) is 2. The third kappa shape index (κ3) is 2.68. The van der Waals surface area contributed by atoms with Gasteiger partial charge in [-0.15, -0.1) is 0 Å². The molecule has 0 heterocycles. The standard InChI is InChI=1S/C10H11BrF3NO/c1-9(2,15)5-3-6(10(12,13)14)8(16)7(11)4-5/h3-4,16H,15H2,1-2H3. The van der Waals surface area contributed by atoms with E-state index in [1.807, 2.05) is 0 Å². The van der Waals surface area contributed by atoms with E-state index in [0.29, 0.717) is 5.56 Å². The minimum atomic E-state index is -4.60. The Hall–Kier alpha value is -0.750. The molecular weight excluding hydrogens is 287 g/mol. The van der Waals surface area contributed by atoms with Crippen LogP contribution in [-0.4, -0.2) is 5.11 Å². The Kier molecular flexibility index (Phi) is 3.27. The highest BCUT2D eigenvalue weighted by molar-refractivity contribution is 9.10. The minimum Gasteiger partial charge on any atom is -0.506 e. The van der Waals surface area contributed by atoms with Crippen molar-refractivity contribution in [2.45, 2.75) is 25.6 Å². The van der Waals surface area contributed by atoms with Crippen LogP contribution in [0.3, 0.4) is 0 Å². The third-order valence-electron chi connectivity index (χ3n) is 2.11. The smallest absolute Gasteiger partial charge is 0.420 e. The van der Waals surface area contributed by atoms with Crippen LogP contribution in [0.4, 0.5) is 13.2 Å². The molecule has 0 amide bonds. The Balaban J connectivity index is 3.46. The summed E-state index contributed by atoms with van der Waals surface area (Å²) in [4.78, 5) is 0. The number of rotatable bonds is 1. The van der Waals surface area contributed by atoms with Crippen LogP contribution in [0.2, 0.25) is 0 Å². The lowest BCUT2D eigenvalue weighted by molar-refractivity contribution is -0.138. The van der Waals surface area contributed by atoms with E-state index >= 15 is 0 Å². The van der Waals surface area contributed by atoms with Gasteiger partial charge in [-0.3, -0.25) is 0 Å². The molecule has 6 heteroatoms. The fourth-order valence-electron chi connectivity index (χ4n) is 1.19. The summed E-state index contributed by atoms with van der Waals surface area (Å²) in [6, 6.07) is 2.24. The van der Waals surface area contributed by atoms with E-state index in [0.717, 1.165) is 6.07 Å². The number of nitrogens with two attached hydrogens (primary N) is 1. The zero-order valence-electron chi connectivity index (χ0n) is 8.69. The minimum absolute atomic E-state index is 0.0177. The SMILES string of the molecule is CC(C)(N)c1cc(Br)c(O)c(C(F)(F)F)c1. The lowest BCUT2D eigenvalue weighted by Gasteiger charge is -2.22. The average Bonchev–Trinajstić information content (AvgIpc) is 2.05. The first-order chi connectivity index (χ1) is 7.03. The molecule has 0 radical (unpaired) electrons. The monoisotopic (exact) mass is 297 g/mol. The topological polar surface area (TPSA) is 46.2 Å². The molecule has 0 saturated carbocycles. The number of phenols is 1. The summed E-state index contributed by atoms with van der Waals surface area (Å²) in [6.07, 6.45) is -4.60. The second-order valence-corrected chi connectivity index (χ2v) is 4.93. The van der Waals surface area contributed by atoms with Crippen LogP contribution in [0, 0.1) is 0 Å². The first kappa shape index (κ1) is 13.3. The molecule has 0 unspecified atom stereocenters. The first-order valence-corrected chi connectivity index (χ1v) is 5.22. The van der Waals surface area contributed by atoms with Gasteiger partial charge in [0, 0.05) is 5.54 Å². The Bertz CT molecular complexity index is 410. The molecule has 0 aliphatic heterocycles. The molecule has 1 aromatic rings. The Morgan fingerprint density at radius 1 is 1.25 bits per heavy atom. The summed E-state index contributed by atoms with van der Waals surface area (Å²) in [5, 5.41) is 9.32. The number of benzene rings is 1. The summed E-state index contributed by atoms with van der Waals surface area (Å²) in [6.45, 7) is 3.18. The van der Waals surface area contributed by atoms with Crippen LogP contribution in [0.5, 0.6) is 5.75 Å². The highest BCUT2D eigenvalue weighted by Gasteiger charge is 2.36. The maximum atomic E-state index is 12.6. The van der Waals surface area contributed by atoms with Gasteiger partial charge in [0.2, 0.25) is 0 Å². The normalized spacial score (nSPS) is 12.9.